The van der Waals surface area contributed by atoms with E-state index in [-0.39, 0.29) is 24.6 Å². The number of benzene rings is 3. The third-order valence-electron chi connectivity index (χ3n) is 5.50. The molecule has 1 aliphatic rings. The highest BCUT2D eigenvalue weighted by atomic mass is 35.5. The van der Waals surface area contributed by atoms with Crippen LogP contribution in [0.15, 0.2) is 66.7 Å². The van der Waals surface area contributed by atoms with Crippen LogP contribution in [-0.2, 0) is 19.5 Å². The van der Waals surface area contributed by atoms with Gasteiger partial charge in [-0.2, -0.15) is 0 Å². The van der Waals surface area contributed by atoms with Crippen molar-refractivity contribution in [2.45, 2.75) is 38.4 Å². The minimum Gasteiger partial charge on any atom is -0.294 e. The second-order valence-corrected chi connectivity index (χ2v) is 7.96. The maximum Gasteiger partial charge on any atom is 0.187 e. The molecule has 164 valence electrons. The van der Waals surface area contributed by atoms with Gasteiger partial charge in [0, 0.05) is 31.1 Å². The molecule has 1 aliphatic carbocycles. The molecular weight excluding hydrogens is 430 g/mol. The predicted molar refractivity (Wildman–Crippen MR) is 123 cm³/mol. The van der Waals surface area contributed by atoms with Gasteiger partial charge in [0.2, 0.25) is 0 Å². The molecule has 0 aliphatic heterocycles. The van der Waals surface area contributed by atoms with Crippen LogP contribution in [-0.4, -0.2) is 16.7 Å². The van der Waals surface area contributed by atoms with Crippen LogP contribution in [0, 0.1) is 18.2 Å². The zero-order valence-corrected chi connectivity index (χ0v) is 18.2. The lowest BCUT2D eigenvalue weighted by atomic mass is 10.0. The Kier molecular flexibility index (Phi) is 7.74. The number of halogens is 3. The Balaban J connectivity index is 0.00000289. The van der Waals surface area contributed by atoms with E-state index in [1.807, 2.05) is 36.4 Å². The van der Waals surface area contributed by atoms with Crippen molar-refractivity contribution in [3.8, 4) is 0 Å². The van der Waals surface area contributed by atoms with Gasteiger partial charge in [-0.15, -0.1) is 12.4 Å². The molecule has 0 atom stereocenters. The molecule has 0 N–H and O–H groups in total. The Labute approximate surface area is 192 Å². The van der Waals surface area contributed by atoms with Gasteiger partial charge < -0.3 is 0 Å². The number of hydrogen-bond donors (Lipinski definition) is 0. The summed E-state index contributed by atoms with van der Waals surface area (Å²) in [6, 6.07) is 19.1. The van der Waals surface area contributed by atoms with E-state index >= 15 is 0 Å². The molecule has 3 nitrogen and oxygen atoms in total. The summed E-state index contributed by atoms with van der Waals surface area (Å²) in [5, 5.41) is 0. The van der Waals surface area contributed by atoms with E-state index in [0.717, 1.165) is 29.5 Å². The highest BCUT2D eigenvalue weighted by Crippen LogP contribution is 2.30. The summed E-state index contributed by atoms with van der Waals surface area (Å²) in [6.07, 6.45) is 2.45. The lowest BCUT2D eigenvalue weighted by Gasteiger charge is -2.22. The maximum atomic E-state index is 13.6. The molecule has 0 bridgehead atoms. The third kappa shape index (κ3) is 6.00. The summed E-state index contributed by atoms with van der Waals surface area (Å²) < 4.78 is 26.8. The number of carbonyl (C=O) groups is 1. The normalized spacial score (nSPS) is 12.8. The van der Waals surface area contributed by atoms with Crippen molar-refractivity contribution in [3.05, 3.63) is 112 Å². The fourth-order valence-corrected chi connectivity index (χ4v) is 3.68. The first-order chi connectivity index (χ1) is 15.0. The molecular formula is C26H23ClF2N2O. The smallest absolute Gasteiger partial charge is 0.187 e. The Morgan fingerprint density at radius 2 is 1.56 bits per heavy atom. The van der Waals surface area contributed by atoms with Gasteiger partial charge in [-0.3, -0.25) is 9.69 Å². The zero-order chi connectivity index (χ0) is 21.8. The first-order valence-electron chi connectivity index (χ1n) is 10.3. The van der Waals surface area contributed by atoms with E-state index in [2.05, 4.69) is 9.74 Å². The number of nitrogens with zero attached hydrogens (tertiary/aromatic N) is 2. The van der Waals surface area contributed by atoms with E-state index in [9.17, 15) is 13.6 Å². The van der Waals surface area contributed by atoms with Gasteiger partial charge in [0.05, 0.1) is 6.57 Å². The number of rotatable bonds is 8. The topological polar surface area (TPSA) is 24.7 Å². The summed E-state index contributed by atoms with van der Waals surface area (Å²) in [5.41, 5.74) is 3.83. The highest BCUT2D eigenvalue weighted by molar-refractivity contribution is 5.97. The second-order valence-electron chi connectivity index (χ2n) is 7.96. The lowest BCUT2D eigenvalue weighted by Crippen LogP contribution is -2.25. The molecule has 0 unspecified atom stereocenters. The van der Waals surface area contributed by atoms with Crippen molar-refractivity contribution in [2.75, 3.05) is 0 Å². The van der Waals surface area contributed by atoms with Gasteiger partial charge in [0.25, 0.3) is 0 Å². The van der Waals surface area contributed by atoms with Crippen molar-refractivity contribution in [1.82, 2.24) is 4.90 Å². The van der Waals surface area contributed by atoms with Crippen LogP contribution < -0.4 is 0 Å². The van der Waals surface area contributed by atoms with Gasteiger partial charge in [-0.05, 0) is 47.7 Å². The molecule has 0 heterocycles. The van der Waals surface area contributed by atoms with E-state index in [1.165, 1.54) is 12.1 Å². The molecule has 0 radical (unpaired) electrons. The van der Waals surface area contributed by atoms with Crippen LogP contribution in [0.2, 0.25) is 0 Å². The minimum atomic E-state index is -0.836. The highest BCUT2D eigenvalue weighted by Gasteiger charge is 2.29. The zero-order valence-electron chi connectivity index (χ0n) is 17.4. The maximum absolute atomic E-state index is 13.6. The first-order valence-corrected chi connectivity index (χ1v) is 10.3. The monoisotopic (exact) mass is 452 g/mol. The number of ketones is 1. The standard InChI is InChI=1S/C26H22F2N2O.ClH/c1-29-22-8-5-18(6-9-22)15-26(31)21-4-2-3-19(13-21)16-30(23-10-11-23)17-20-7-12-24(27)25(28)14-20;/h2-9,12-14,23H,10-11,15-17H2;1H. The molecule has 1 saturated carbocycles. The quantitative estimate of drug-likeness (QED) is 0.287. The summed E-state index contributed by atoms with van der Waals surface area (Å²) in [7, 11) is 0. The van der Waals surface area contributed by atoms with Crippen molar-refractivity contribution in [2.24, 2.45) is 0 Å². The summed E-state index contributed by atoms with van der Waals surface area (Å²) in [6.45, 7) is 8.19. The van der Waals surface area contributed by atoms with E-state index in [0.29, 0.717) is 30.4 Å². The molecule has 32 heavy (non-hydrogen) atoms. The largest absolute Gasteiger partial charge is 0.294 e. The molecule has 4 rings (SSSR count). The average Bonchev–Trinajstić information content (AvgIpc) is 3.62. The molecule has 0 aromatic heterocycles. The molecule has 0 spiro atoms. The van der Waals surface area contributed by atoms with Gasteiger partial charge in [-0.25, -0.2) is 13.6 Å². The van der Waals surface area contributed by atoms with Gasteiger partial charge >= 0.3 is 0 Å². The Morgan fingerprint density at radius 1 is 0.906 bits per heavy atom. The Bertz CT molecular complexity index is 1140. The van der Waals surface area contributed by atoms with Crippen LogP contribution in [0.5, 0.6) is 0 Å². The Morgan fingerprint density at radius 3 is 2.19 bits per heavy atom. The van der Waals surface area contributed by atoms with Crippen LogP contribution in [0.3, 0.4) is 0 Å². The first kappa shape index (κ1) is 23.6. The molecule has 3 aromatic carbocycles. The van der Waals surface area contributed by atoms with E-state index < -0.39 is 11.6 Å². The molecule has 0 saturated heterocycles. The SMILES string of the molecule is Cl.[C-]#[N+]c1ccc(CC(=O)c2cccc(CN(Cc3ccc(F)c(F)c3)C3CC3)c2)cc1. The van der Waals surface area contributed by atoms with E-state index in [4.69, 9.17) is 6.57 Å². The predicted octanol–water partition coefficient (Wildman–Crippen LogP) is 6.53. The molecule has 1 fully saturated rings. The minimum absolute atomic E-state index is 0. The third-order valence-corrected chi connectivity index (χ3v) is 5.50. The van der Waals surface area contributed by atoms with E-state index in [1.54, 1.807) is 18.2 Å². The summed E-state index contributed by atoms with van der Waals surface area (Å²) in [5.74, 6) is -1.64. The number of hydrogen-bond acceptors (Lipinski definition) is 2. The fraction of sp³-hybridized carbons (Fsp3) is 0.231. The number of carbonyl (C=O) groups excluding carboxylic acids is 1. The van der Waals surface area contributed by atoms with Crippen molar-refractivity contribution in [3.63, 3.8) is 0 Å². The summed E-state index contributed by atoms with van der Waals surface area (Å²) >= 11 is 0. The fourth-order valence-electron chi connectivity index (χ4n) is 3.68. The van der Waals surface area contributed by atoms with Crippen LogP contribution in [0.25, 0.3) is 4.85 Å². The molecule has 3 aromatic rings. The second kappa shape index (κ2) is 10.5. The lowest BCUT2D eigenvalue weighted by molar-refractivity contribution is 0.0992. The van der Waals surface area contributed by atoms with Gasteiger partial charge in [-0.1, -0.05) is 48.5 Å². The van der Waals surface area contributed by atoms with Gasteiger partial charge in [0.15, 0.2) is 23.1 Å². The van der Waals surface area contributed by atoms with Crippen LogP contribution in [0.1, 0.15) is 39.9 Å². The van der Waals surface area contributed by atoms with Crippen LogP contribution >= 0.6 is 12.4 Å². The van der Waals surface area contributed by atoms with Crippen molar-refractivity contribution in [1.29, 1.82) is 0 Å². The molecule has 6 heteroatoms. The van der Waals surface area contributed by atoms with Crippen molar-refractivity contribution < 1.29 is 13.6 Å². The average molecular weight is 453 g/mol. The Hall–Kier alpha value is -3.07. The van der Waals surface area contributed by atoms with Crippen molar-refractivity contribution >= 4 is 23.9 Å². The van der Waals surface area contributed by atoms with Gasteiger partial charge in [0.1, 0.15) is 0 Å². The number of Topliss-reactive ketones (excluding diaryl/α,β-unsaturated/α-hetero) is 1. The molecule has 0 amide bonds. The summed E-state index contributed by atoms with van der Waals surface area (Å²) in [4.78, 5) is 18.4. The van der Waals surface area contributed by atoms with Crippen LogP contribution in [0.4, 0.5) is 14.5 Å².